The fourth-order valence-electron chi connectivity index (χ4n) is 2.67. The number of H-pyrrole nitrogens is 1. The largest absolute Gasteiger partial charge is 0.327 e. The summed E-state index contributed by atoms with van der Waals surface area (Å²) >= 11 is 11.7. The van der Waals surface area contributed by atoms with Crippen LogP contribution in [0.15, 0.2) is 18.2 Å². The summed E-state index contributed by atoms with van der Waals surface area (Å²) in [5.74, 6) is 0. The van der Waals surface area contributed by atoms with Crippen LogP contribution in [0.3, 0.4) is 0 Å². The highest BCUT2D eigenvalue weighted by atomic mass is 35.5. The number of nitrogens with one attached hydrogen (secondary N) is 1. The number of imidazole rings is 1. The molecule has 21 heavy (non-hydrogen) atoms. The number of hydrogen-bond donors (Lipinski definition) is 1. The van der Waals surface area contributed by atoms with Crippen LogP contribution >= 0.6 is 23.8 Å². The number of nitrogens with zero attached hydrogens (tertiary/aromatic N) is 3. The molecule has 0 radical (unpaired) electrons. The summed E-state index contributed by atoms with van der Waals surface area (Å²) in [6.07, 6.45) is 1.98. The quantitative estimate of drug-likeness (QED) is 0.729. The van der Waals surface area contributed by atoms with E-state index in [9.17, 15) is 0 Å². The molecule has 6 heteroatoms. The Morgan fingerprint density at radius 1 is 1.38 bits per heavy atom. The number of rotatable bonds is 3. The third-order valence-corrected chi connectivity index (χ3v) is 4.15. The minimum absolute atomic E-state index is 0.667. The maximum atomic E-state index is 6.15. The van der Waals surface area contributed by atoms with Gasteiger partial charge >= 0.3 is 0 Å². The molecule has 0 aliphatic carbocycles. The van der Waals surface area contributed by atoms with Gasteiger partial charge in [0.15, 0.2) is 10.4 Å². The van der Waals surface area contributed by atoms with Gasteiger partial charge in [0, 0.05) is 12.1 Å². The van der Waals surface area contributed by atoms with Crippen molar-refractivity contribution in [3.8, 4) is 5.69 Å². The van der Waals surface area contributed by atoms with Gasteiger partial charge in [-0.2, -0.15) is 5.10 Å². The maximum absolute atomic E-state index is 6.15. The molecule has 0 spiro atoms. The lowest BCUT2D eigenvalue weighted by Gasteiger charge is -2.09. The van der Waals surface area contributed by atoms with Crippen LogP contribution in [0.25, 0.3) is 16.9 Å². The molecule has 0 saturated heterocycles. The van der Waals surface area contributed by atoms with Gasteiger partial charge in [-0.1, -0.05) is 31.0 Å². The van der Waals surface area contributed by atoms with E-state index in [-0.39, 0.29) is 0 Å². The van der Waals surface area contributed by atoms with E-state index in [1.54, 1.807) is 0 Å². The van der Waals surface area contributed by atoms with Gasteiger partial charge in [-0.3, -0.25) is 4.57 Å². The number of aromatic amines is 1. The molecule has 0 aliphatic heterocycles. The topological polar surface area (TPSA) is 38.5 Å². The molecule has 0 saturated carbocycles. The number of aromatic nitrogens is 4. The van der Waals surface area contributed by atoms with Crippen molar-refractivity contribution in [2.24, 2.45) is 7.05 Å². The van der Waals surface area contributed by atoms with E-state index < -0.39 is 0 Å². The Bertz CT molecular complexity index is 872. The van der Waals surface area contributed by atoms with E-state index >= 15 is 0 Å². The molecule has 3 aromatic rings. The number of halogens is 1. The first kappa shape index (κ1) is 14.4. The van der Waals surface area contributed by atoms with E-state index in [1.165, 1.54) is 0 Å². The number of benzene rings is 1. The van der Waals surface area contributed by atoms with Gasteiger partial charge in [0.1, 0.15) is 5.52 Å². The molecule has 0 aliphatic rings. The molecule has 3 rings (SSSR count). The standard InChI is InChI=1S/C15H17ClN4S/c1-4-5-11-13-14(19(3)18-11)20(15(21)17-13)12-8-10(16)7-6-9(12)2/h6-8H,4-5H2,1-3H3,(H,17,21). The highest BCUT2D eigenvalue weighted by Crippen LogP contribution is 2.26. The molecule has 4 nitrogen and oxygen atoms in total. The Hall–Kier alpha value is -1.59. The van der Waals surface area contributed by atoms with Crippen LogP contribution in [-0.4, -0.2) is 19.3 Å². The fraction of sp³-hybridized carbons (Fsp3) is 0.333. The summed E-state index contributed by atoms with van der Waals surface area (Å²) in [6, 6.07) is 5.83. The Labute approximate surface area is 133 Å². The van der Waals surface area contributed by atoms with Gasteiger partial charge in [0.05, 0.1) is 11.4 Å². The first-order valence-corrected chi connectivity index (χ1v) is 7.74. The minimum Gasteiger partial charge on any atom is -0.327 e. The zero-order valence-electron chi connectivity index (χ0n) is 12.3. The van der Waals surface area contributed by atoms with Crippen molar-refractivity contribution in [1.29, 1.82) is 0 Å². The van der Waals surface area contributed by atoms with Crippen molar-refractivity contribution in [3.05, 3.63) is 39.3 Å². The van der Waals surface area contributed by atoms with Gasteiger partial charge in [0.25, 0.3) is 0 Å². The molecule has 0 unspecified atom stereocenters. The lowest BCUT2D eigenvalue weighted by Crippen LogP contribution is -2.02. The molecule has 1 N–H and O–H groups in total. The Morgan fingerprint density at radius 3 is 2.86 bits per heavy atom. The van der Waals surface area contributed by atoms with Crippen LogP contribution in [0.4, 0.5) is 0 Å². The van der Waals surface area contributed by atoms with Crippen molar-refractivity contribution in [3.63, 3.8) is 0 Å². The van der Waals surface area contributed by atoms with Gasteiger partial charge in [-0.05, 0) is 43.3 Å². The highest BCUT2D eigenvalue weighted by molar-refractivity contribution is 7.71. The van der Waals surface area contributed by atoms with Crippen LogP contribution in [-0.2, 0) is 13.5 Å². The summed E-state index contributed by atoms with van der Waals surface area (Å²) in [4.78, 5) is 3.30. The second-order valence-electron chi connectivity index (χ2n) is 5.22. The third-order valence-electron chi connectivity index (χ3n) is 3.64. The smallest absolute Gasteiger partial charge is 0.184 e. The van der Waals surface area contributed by atoms with Crippen LogP contribution in [0.1, 0.15) is 24.6 Å². The normalized spacial score (nSPS) is 11.4. The zero-order valence-corrected chi connectivity index (χ0v) is 13.8. The second kappa shape index (κ2) is 5.31. The maximum Gasteiger partial charge on any atom is 0.184 e. The minimum atomic E-state index is 0.667. The van der Waals surface area contributed by atoms with Crippen LogP contribution < -0.4 is 0 Å². The lowest BCUT2D eigenvalue weighted by molar-refractivity contribution is 0.735. The van der Waals surface area contributed by atoms with Crippen LogP contribution in [0.2, 0.25) is 5.02 Å². The molecule has 110 valence electrons. The molecule has 1 aromatic carbocycles. The molecular formula is C15H17ClN4S. The summed E-state index contributed by atoms with van der Waals surface area (Å²) in [7, 11) is 1.94. The van der Waals surface area contributed by atoms with E-state index in [2.05, 4.69) is 23.9 Å². The molecule has 0 amide bonds. The van der Waals surface area contributed by atoms with Gasteiger partial charge < -0.3 is 4.98 Å². The first-order chi connectivity index (χ1) is 10.0. The zero-order chi connectivity index (χ0) is 15.1. The summed E-state index contributed by atoms with van der Waals surface area (Å²) < 4.78 is 4.56. The van der Waals surface area contributed by atoms with E-state index in [4.69, 9.17) is 23.8 Å². The Morgan fingerprint density at radius 2 is 2.14 bits per heavy atom. The Balaban J connectivity index is 2.35. The van der Waals surface area contributed by atoms with E-state index in [1.807, 2.05) is 34.5 Å². The van der Waals surface area contributed by atoms with Crippen molar-refractivity contribution in [1.82, 2.24) is 19.3 Å². The van der Waals surface area contributed by atoms with Crippen molar-refractivity contribution in [2.45, 2.75) is 26.7 Å². The van der Waals surface area contributed by atoms with Crippen LogP contribution in [0.5, 0.6) is 0 Å². The molecule has 0 fully saturated rings. The molecule has 0 atom stereocenters. The molecule has 2 aromatic heterocycles. The second-order valence-corrected chi connectivity index (χ2v) is 6.04. The SMILES string of the molecule is CCCc1nn(C)c2c1[nH]c(=S)n2-c1cc(Cl)ccc1C. The molecular weight excluding hydrogens is 304 g/mol. The van der Waals surface area contributed by atoms with Crippen LogP contribution in [0, 0.1) is 11.7 Å². The molecule has 0 bridgehead atoms. The average molecular weight is 321 g/mol. The predicted molar refractivity (Wildman–Crippen MR) is 89.0 cm³/mol. The summed E-state index contributed by atoms with van der Waals surface area (Å²) in [6.45, 7) is 4.20. The van der Waals surface area contributed by atoms with Gasteiger partial charge in [-0.25, -0.2) is 4.68 Å². The number of fused-ring (bicyclic) bond motifs is 1. The van der Waals surface area contributed by atoms with Crippen molar-refractivity contribution >= 4 is 35.0 Å². The van der Waals surface area contributed by atoms with Gasteiger partial charge in [-0.15, -0.1) is 0 Å². The average Bonchev–Trinajstić information content (AvgIpc) is 2.91. The third kappa shape index (κ3) is 2.30. The van der Waals surface area contributed by atoms with E-state index in [0.717, 1.165) is 41.0 Å². The lowest BCUT2D eigenvalue weighted by atomic mass is 10.2. The predicted octanol–water partition coefficient (Wildman–Crippen LogP) is 4.34. The number of hydrogen-bond acceptors (Lipinski definition) is 2. The summed E-state index contributed by atoms with van der Waals surface area (Å²) in [5, 5.41) is 5.30. The van der Waals surface area contributed by atoms with E-state index in [0.29, 0.717) is 9.79 Å². The number of aryl methyl sites for hydroxylation is 3. The highest BCUT2D eigenvalue weighted by Gasteiger charge is 2.17. The fourth-order valence-corrected chi connectivity index (χ4v) is 3.12. The Kier molecular flexibility index (Phi) is 3.63. The van der Waals surface area contributed by atoms with Crippen molar-refractivity contribution < 1.29 is 0 Å². The van der Waals surface area contributed by atoms with Gasteiger partial charge in [0.2, 0.25) is 0 Å². The summed E-state index contributed by atoms with van der Waals surface area (Å²) in [5.41, 5.74) is 5.16. The first-order valence-electron chi connectivity index (χ1n) is 6.96. The molecule has 2 heterocycles. The van der Waals surface area contributed by atoms with Crippen molar-refractivity contribution in [2.75, 3.05) is 0 Å². The monoisotopic (exact) mass is 320 g/mol.